The molecule has 0 radical (unpaired) electrons. The van der Waals surface area contributed by atoms with Crippen molar-refractivity contribution in [2.45, 2.75) is 11.9 Å². The maximum atomic E-state index is 12.0. The number of alkyl halides is 1. The number of benzene rings is 1. The molecule has 0 unspecified atom stereocenters. The molecule has 92 valence electrons. The van der Waals surface area contributed by atoms with Crippen LogP contribution in [-0.4, -0.2) is 10.9 Å². The van der Waals surface area contributed by atoms with Gasteiger partial charge < -0.3 is 5.32 Å². The second-order valence-corrected chi connectivity index (χ2v) is 4.40. The lowest BCUT2D eigenvalue weighted by Gasteiger charge is -2.08. The number of aromatic nitrogens is 1. The molecule has 1 heterocycles. The molecule has 0 aliphatic heterocycles. The van der Waals surface area contributed by atoms with Crippen LogP contribution in [0.1, 0.15) is 21.5 Å². The third kappa shape index (κ3) is 3.17. The van der Waals surface area contributed by atoms with Crippen LogP contribution in [0.2, 0.25) is 0 Å². The molecule has 4 heteroatoms. The Morgan fingerprint density at radius 2 is 2.06 bits per heavy atom. The lowest BCUT2D eigenvalue weighted by molar-refractivity contribution is 0.0950. The van der Waals surface area contributed by atoms with Gasteiger partial charge in [0, 0.05) is 29.8 Å². The summed E-state index contributed by atoms with van der Waals surface area (Å²) in [5.74, 6) is -0.0612. The number of nitrogens with zero attached hydrogens (tertiary/aromatic N) is 1. The Labute approximate surface area is 114 Å². The number of pyridine rings is 1. The highest BCUT2D eigenvalue weighted by atomic mass is 79.9. The lowest BCUT2D eigenvalue weighted by atomic mass is 10.1. The number of carbonyl (C=O) groups excluding carboxylic acids is 1. The predicted octanol–water partition coefficient (Wildman–Crippen LogP) is 2.91. The van der Waals surface area contributed by atoms with Gasteiger partial charge in [0.05, 0.1) is 0 Å². The average Bonchev–Trinajstić information content (AvgIpc) is 2.45. The van der Waals surface area contributed by atoms with Gasteiger partial charge in [-0.25, -0.2) is 0 Å². The third-order valence-corrected chi connectivity index (χ3v) is 3.19. The van der Waals surface area contributed by atoms with E-state index in [2.05, 4.69) is 26.2 Å². The molecule has 1 N–H and O–H groups in total. The second-order valence-electron chi connectivity index (χ2n) is 3.83. The molecule has 1 aromatic carbocycles. The summed E-state index contributed by atoms with van der Waals surface area (Å²) in [5.41, 5.74) is 2.68. The Bertz CT molecular complexity index is 528. The van der Waals surface area contributed by atoms with Gasteiger partial charge in [0.25, 0.3) is 5.91 Å². The first-order chi connectivity index (χ1) is 8.81. The molecule has 1 amide bonds. The van der Waals surface area contributed by atoms with E-state index < -0.39 is 0 Å². The molecule has 0 atom stereocenters. The Balaban J connectivity index is 2.04. The summed E-state index contributed by atoms with van der Waals surface area (Å²) < 4.78 is 0. The summed E-state index contributed by atoms with van der Waals surface area (Å²) in [6.07, 6.45) is 3.46. The standard InChI is InChI=1S/C14H13BrN2O/c15-8-12-5-1-2-6-13(12)14(18)17-10-11-4-3-7-16-9-11/h1-7,9H,8,10H2,(H,17,18). The minimum Gasteiger partial charge on any atom is -0.348 e. The molecule has 18 heavy (non-hydrogen) atoms. The SMILES string of the molecule is O=C(NCc1cccnc1)c1ccccc1CBr. The minimum absolute atomic E-state index is 0.0612. The lowest BCUT2D eigenvalue weighted by Crippen LogP contribution is -2.23. The predicted molar refractivity (Wildman–Crippen MR) is 74.5 cm³/mol. The molecule has 0 saturated heterocycles. The molecule has 0 aliphatic rings. The van der Waals surface area contributed by atoms with Crippen molar-refractivity contribution in [3.8, 4) is 0 Å². The zero-order valence-electron chi connectivity index (χ0n) is 9.77. The molecule has 3 nitrogen and oxygen atoms in total. The monoisotopic (exact) mass is 304 g/mol. The van der Waals surface area contributed by atoms with Gasteiger partial charge in [0.1, 0.15) is 0 Å². The fraction of sp³-hybridized carbons (Fsp3) is 0.143. The van der Waals surface area contributed by atoms with Gasteiger partial charge in [-0.1, -0.05) is 40.2 Å². The van der Waals surface area contributed by atoms with E-state index >= 15 is 0 Å². The van der Waals surface area contributed by atoms with Crippen molar-refractivity contribution in [3.63, 3.8) is 0 Å². The number of rotatable bonds is 4. The molecule has 0 bridgehead atoms. The summed E-state index contributed by atoms with van der Waals surface area (Å²) in [7, 11) is 0. The van der Waals surface area contributed by atoms with Crippen LogP contribution in [-0.2, 0) is 11.9 Å². The maximum absolute atomic E-state index is 12.0. The second kappa shape index (κ2) is 6.31. The van der Waals surface area contributed by atoms with Crippen molar-refractivity contribution in [1.82, 2.24) is 10.3 Å². The van der Waals surface area contributed by atoms with Crippen molar-refractivity contribution >= 4 is 21.8 Å². The van der Waals surface area contributed by atoms with Crippen molar-refractivity contribution < 1.29 is 4.79 Å². The molecule has 2 rings (SSSR count). The van der Waals surface area contributed by atoms with Crippen molar-refractivity contribution in [2.75, 3.05) is 0 Å². The molecular weight excluding hydrogens is 292 g/mol. The van der Waals surface area contributed by atoms with E-state index in [1.807, 2.05) is 36.4 Å². The number of amides is 1. The van der Waals surface area contributed by atoms with Gasteiger partial charge >= 0.3 is 0 Å². The third-order valence-electron chi connectivity index (χ3n) is 2.58. The van der Waals surface area contributed by atoms with E-state index in [9.17, 15) is 4.79 Å². The van der Waals surface area contributed by atoms with E-state index in [0.29, 0.717) is 17.4 Å². The summed E-state index contributed by atoms with van der Waals surface area (Å²) >= 11 is 3.38. The molecule has 0 saturated carbocycles. The zero-order valence-corrected chi connectivity index (χ0v) is 11.4. The summed E-state index contributed by atoms with van der Waals surface area (Å²) in [6, 6.07) is 11.3. The highest BCUT2D eigenvalue weighted by Crippen LogP contribution is 2.12. The number of halogens is 1. The van der Waals surface area contributed by atoms with Crippen molar-refractivity contribution in [3.05, 3.63) is 65.5 Å². The van der Waals surface area contributed by atoms with Crippen LogP contribution in [0.4, 0.5) is 0 Å². The van der Waals surface area contributed by atoms with Crippen LogP contribution in [0, 0.1) is 0 Å². The highest BCUT2D eigenvalue weighted by Gasteiger charge is 2.09. The van der Waals surface area contributed by atoms with Crippen LogP contribution in [0.3, 0.4) is 0 Å². The van der Waals surface area contributed by atoms with Gasteiger partial charge in [0.2, 0.25) is 0 Å². The fourth-order valence-corrected chi connectivity index (χ4v) is 2.13. The minimum atomic E-state index is -0.0612. The first-order valence-corrected chi connectivity index (χ1v) is 6.74. The van der Waals surface area contributed by atoms with Crippen LogP contribution in [0.25, 0.3) is 0 Å². The number of hydrogen-bond donors (Lipinski definition) is 1. The van der Waals surface area contributed by atoms with E-state index in [1.165, 1.54) is 0 Å². The molecular formula is C14H13BrN2O. The van der Waals surface area contributed by atoms with Gasteiger partial charge in [-0.15, -0.1) is 0 Å². The number of hydrogen-bond acceptors (Lipinski definition) is 2. The summed E-state index contributed by atoms with van der Waals surface area (Å²) in [4.78, 5) is 16.1. The molecule has 0 aliphatic carbocycles. The van der Waals surface area contributed by atoms with Gasteiger partial charge in [-0.2, -0.15) is 0 Å². The first-order valence-electron chi connectivity index (χ1n) is 5.62. The molecule has 1 aromatic heterocycles. The smallest absolute Gasteiger partial charge is 0.251 e. The quantitative estimate of drug-likeness (QED) is 0.883. The van der Waals surface area contributed by atoms with E-state index in [-0.39, 0.29) is 5.91 Å². The normalized spacial score (nSPS) is 10.1. The van der Waals surface area contributed by atoms with Crippen molar-refractivity contribution in [1.29, 1.82) is 0 Å². The molecule has 2 aromatic rings. The average molecular weight is 305 g/mol. The Hall–Kier alpha value is -1.68. The molecule has 0 spiro atoms. The van der Waals surface area contributed by atoms with Gasteiger partial charge in [0.15, 0.2) is 0 Å². The highest BCUT2D eigenvalue weighted by molar-refractivity contribution is 9.08. The Morgan fingerprint density at radius 3 is 2.78 bits per heavy atom. The summed E-state index contributed by atoms with van der Waals surface area (Å²) in [6.45, 7) is 0.489. The Kier molecular flexibility index (Phi) is 4.47. The zero-order chi connectivity index (χ0) is 12.8. The van der Waals surface area contributed by atoms with Gasteiger partial charge in [-0.05, 0) is 23.3 Å². The van der Waals surface area contributed by atoms with Crippen LogP contribution in [0.15, 0.2) is 48.8 Å². The Morgan fingerprint density at radius 1 is 1.22 bits per heavy atom. The van der Waals surface area contributed by atoms with E-state index in [1.54, 1.807) is 12.4 Å². The van der Waals surface area contributed by atoms with E-state index in [4.69, 9.17) is 0 Å². The largest absolute Gasteiger partial charge is 0.348 e. The van der Waals surface area contributed by atoms with Crippen LogP contribution >= 0.6 is 15.9 Å². The number of nitrogens with one attached hydrogen (secondary N) is 1. The van der Waals surface area contributed by atoms with Crippen LogP contribution < -0.4 is 5.32 Å². The summed E-state index contributed by atoms with van der Waals surface area (Å²) in [5, 5.41) is 3.56. The number of carbonyl (C=O) groups is 1. The van der Waals surface area contributed by atoms with Crippen LogP contribution in [0.5, 0.6) is 0 Å². The fourth-order valence-electron chi connectivity index (χ4n) is 1.64. The topological polar surface area (TPSA) is 42.0 Å². The van der Waals surface area contributed by atoms with Gasteiger partial charge in [-0.3, -0.25) is 9.78 Å². The first kappa shape index (κ1) is 12.8. The van der Waals surface area contributed by atoms with Crippen molar-refractivity contribution in [2.24, 2.45) is 0 Å². The maximum Gasteiger partial charge on any atom is 0.251 e. The molecule has 0 fully saturated rings. The van der Waals surface area contributed by atoms with E-state index in [0.717, 1.165) is 11.1 Å².